The highest BCUT2D eigenvalue weighted by Gasteiger charge is 2.19. The normalized spacial score (nSPS) is 12.8. The molecule has 0 saturated carbocycles. The van der Waals surface area contributed by atoms with Crippen molar-refractivity contribution in [2.75, 3.05) is 0 Å². The van der Waals surface area contributed by atoms with Crippen molar-refractivity contribution < 1.29 is 4.55 Å². The van der Waals surface area contributed by atoms with Gasteiger partial charge in [-0.15, -0.1) is 3.97 Å². The van der Waals surface area contributed by atoms with E-state index in [1.54, 1.807) is 10.2 Å². The van der Waals surface area contributed by atoms with E-state index >= 15 is 0 Å². The number of pyridine rings is 1. The van der Waals surface area contributed by atoms with Crippen molar-refractivity contribution in [3.05, 3.63) is 57.9 Å². The Hall–Kier alpha value is -1.05. The van der Waals surface area contributed by atoms with Gasteiger partial charge in [-0.3, -0.25) is 0 Å². The highest BCUT2D eigenvalue weighted by Crippen LogP contribution is 2.26. The van der Waals surface area contributed by atoms with Gasteiger partial charge >= 0.3 is 0 Å². The number of nitrogens with zero attached hydrogens (tertiary/aromatic N) is 2. The predicted octanol–water partition coefficient (Wildman–Crippen LogP) is 3.52. The molecule has 0 bridgehead atoms. The van der Waals surface area contributed by atoms with Gasteiger partial charge in [-0.2, -0.15) is 0 Å². The first-order valence-corrected chi connectivity index (χ1v) is 7.96. The summed E-state index contributed by atoms with van der Waals surface area (Å²) in [5.41, 5.74) is 1.87. The van der Waals surface area contributed by atoms with Gasteiger partial charge in [-0.1, -0.05) is 18.2 Å². The Bertz CT molecular complexity index is 727. The molecule has 1 atom stereocenters. The van der Waals surface area contributed by atoms with Crippen LogP contribution in [0.5, 0.6) is 0 Å². The van der Waals surface area contributed by atoms with E-state index in [-0.39, 0.29) is 0 Å². The Balaban J connectivity index is 2.16. The molecule has 3 nitrogen and oxygen atoms in total. The maximum Gasteiger partial charge on any atom is 0.187 e. The maximum absolute atomic E-state index is 12.6. The third kappa shape index (κ3) is 2.37. The first-order chi connectivity index (χ1) is 9.16. The molecule has 19 heavy (non-hydrogen) atoms. The number of hydrogen-bond donors (Lipinski definition) is 0. The van der Waals surface area contributed by atoms with Crippen molar-refractivity contribution >= 4 is 45.0 Å². The van der Waals surface area contributed by atoms with Crippen molar-refractivity contribution in [2.24, 2.45) is 0 Å². The van der Waals surface area contributed by atoms with Crippen LogP contribution in [0.15, 0.2) is 53.7 Å². The van der Waals surface area contributed by atoms with E-state index in [0.29, 0.717) is 0 Å². The van der Waals surface area contributed by atoms with E-state index in [4.69, 9.17) is 0 Å². The lowest BCUT2D eigenvalue weighted by Gasteiger charge is -2.10. The fraction of sp³-hybridized carbons (Fsp3) is 0.0714. The van der Waals surface area contributed by atoms with Crippen LogP contribution in [0.3, 0.4) is 0 Å². The maximum atomic E-state index is 12.6. The minimum Gasteiger partial charge on any atom is -0.587 e. The molecular formula is C14H11IN2OS. The fourth-order valence-corrected chi connectivity index (χ4v) is 3.91. The summed E-state index contributed by atoms with van der Waals surface area (Å²) in [6.07, 6.45) is 3.69. The average Bonchev–Trinajstić information content (AvgIpc) is 2.76. The minimum atomic E-state index is -1.26. The first-order valence-electron chi connectivity index (χ1n) is 5.77. The third-order valence-electron chi connectivity index (χ3n) is 2.82. The largest absolute Gasteiger partial charge is 0.587 e. The van der Waals surface area contributed by atoms with E-state index in [9.17, 15) is 4.55 Å². The molecule has 0 spiro atoms. The number of rotatable bonds is 2. The van der Waals surface area contributed by atoms with Gasteiger partial charge in [0.15, 0.2) is 10.5 Å². The van der Waals surface area contributed by atoms with Crippen LogP contribution in [-0.4, -0.2) is 13.5 Å². The van der Waals surface area contributed by atoms with Gasteiger partial charge in [0, 0.05) is 15.2 Å². The van der Waals surface area contributed by atoms with Crippen LogP contribution in [-0.2, 0) is 11.4 Å². The SMILES string of the molecule is Cc1cnc2c(c1)c(I)cn2[S+]([O-])c1ccccc1. The van der Waals surface area contributed by atoms with Gasteiger partial charge < -0.3 is 4.55 Å². The standard InChI is InChI=1S/C14H11IN2OS/c1-10-7-12-13(15)9-17(14(12)16-8-10)19(18)11-5-3-2-4-6-11/h2-9H,1H3. The second-order valence-corrected chi connectivity index (χ2v) is 6.77. The second-order valence-electron chi connectivity index (χ2n) is 4.25. The Morgan fingerprint density at radius 1 is 1.26 bits per heavy atom. The Morgan fingerprint density at radius 2 is 2.00 bits per heavy atom. The molecule has 0 aliphatic carbocycles. The number of fused-ring (bicyclic) bond motifs is 1. The van der Waals surface area contributed by atoms with Gasteiger partial charge in [0.05, 0.1) is 6.20 Å². The summed E-state index contributed by atoms with van der Waals surface area (Å²) >= 11 is 0.995. The summed E-state index contributed by atoms with van der Waals surface area (Å²) < 4.78 is 15.4. The number of hydrogen-bond acceptors (Lipinski definition) is 2. The number of aryl methyl sites for hydroxylation is 1. The smallest absolute Gasteiger partial charge is 0.187 e. The van der Waals surface area contributed by atoms with E-state index in [1.807, 2.05) is 43.5 Å². The van der Waals surface area contributed by atoms with Crippen LogP contribution in [0.2, 0.25) is 0 Å². The molecule has 96 valence electrons. The van der Waals surface area contributed by atoms with E-state index < -0.39 is 11.4 Å². The molecule has 3 aromatic rings. The first kappa shape index (κ1) is 13.0. The minimum absolute atomic E-state index is 0.761. The molecule has 0 aliphatic rings. The average molecular weight is 382 g/mol. The second kappa shape index (κ2) is 5.15. The topological polar surface area (TPSA) is 40.9 Å². The monoisotopic (exact) mass is 382 g/mol. The van der Waals surface area contributed by atoms with Gasteiger partial charge in [0.1, 0.15) is 11.4 Å². The molecule has 1 unspecified atom stereocenters. The third-order valence-corrected chi connectivity index (χ3v) is 4.99. The number of benzene rings is 1. The van der Waals surface area contributed by atoms with Crippen molar-refractivity contribution in [3.8, 4) is 0 Å². The van der Waals surface area contributed by atoms with Crippen molar-refractivity contribution in [3.63, 3.8) is 0 Å². The lowest BCUT2D eigenvalue weighted by Crippen LogP contribution is -2.12. The Kier molecular flexibility index (Phi) is 3.51. The molecule has 2 heterocycles. The van der Waals surface area contributed by atoms with E-state index in [0.717, 1.165) is 25.1 Å². The zero-order valence-corrected chi connectivity index (χ0v) is 13.2. The summed E-state index contributed by atoms with van der Waals surface area (Å²) in [4.78, 5) is 5.19. The Morgan fingerprint density at radius 3 is 2.74 bits per heavy atom. The fourth-order valence-electron chi connectivity index (χ4n) is 1.92. The molecule has 0 aliphatic heterocycles. The van der Waals surface area contributed by atoms with Crippen molar-refractivity contribution in [1.82, 2.24) is 8.96 Å². The van der Waals surface area contributed by atoms with Crippen LogP contribution in [0.4, 0.5) is 0 Å². The quantitative estimate of drug-likeness (QED) is 0.503. The van der Waals surface area contributed by atoms with Gasteiger partial charge in [-0.25, -0.2) is 4.98 Å². The number of aromatic nitrogens is 2. The molecule has 5 heteroatoms. The molecular weight excluding hydrogens is 371 g/mol. The molecule has 1 aromatic carbocycles. The van der Waals surface area contributed by atoms with Crippen molar-refractivity contribution in [2.45, 2.75) is 11.8 Å². The summed E-state index contributed by atoms with van der Waals surface area (Å²) in [6, 6.07) is 11.5. The zero-order chi connectivity index (χ0) is 13.4. The summed E-state index contributed by atoms with van der Waals surface area (Å²) in [7, 11) is 0. The predicted molar refractivity (Wildman–Crippen MR) is 85.4 cm³/mol. The molecule has 0 radical (unpaired) electrons. The highest BCUT2D eigenvalue weighted by atomic mass is 127. The van der Waals surface area contributed by atoms with E-state index in [2.05, 4.69) is 33.6 Å². The number of halogens is 1. The lowest BCUT2D eigenvalue weighted by molar-refractivity contribution is 0.587. The summed E-state index contributed by atoms with van der Waals surface area (Å²) in [6.45, 7) is 2.01. The van der Waals surface area contributed by atoms with Crippen LogP contribution in [0, 0.1) is 10.5 Å². The molecule has 3 rings (SSSR count). The molecule has 0 N–H and O–H groups in total. The van der Waals surface area contributed by atoms with Crippen LogP contribution < -0.4 is 0 Å². The van der Waals surface area contributed by atoms with Crippen LogP contribution in [0.25, 0.3) is 11.0 Å². The van der Waals surface area contributed by atoms with Crippen molar-refractivity contribution in [1.29, 1.82) is 0 Å². The van der Waals surface area contributed by atoms with E-state index in [1.165, 1.54) is 0 Å². The summed E-state index contributed by atoms with van der Waals surface area (Å²) in [5, 5.41) is 1.05. The van der Waals surface area contributed by atoms with Gasteiger partial charge in [-0.05, 0) is 53.3 Å². The van der Waals surface area contributed by atoms with Crippen LogP contribution >= 0.6 is 22.6 Å². The van der Waals surface area contributed by atoms with Gasteiger partial charge in [0.25, 0.3) is 0 Å². The summed E-state index contributed by atoms with van der Waals surface area (Å²) in [5.74, 6) is 0. The highest BCUT2D eigenvalue weighted by molar-refractivity contribution is 14.1. The molecule has 0 fully saturated rings. The lowest BCUT2D eigenvalue weighted by atomic mass is 10.2. The van der Waals surface area contributed by atoms with Crippen LogP contribution in [0.1, 0.15) is 5.56 Å². The van der Waals surface area contributed by atoms with Gasteiger partial charge in [0.2, 0.25) is 0 Å². The molecule has 2 aromatic heterocycles. The molecule has 0 saturated heterocycles. The Labute approximate surface area is 128 Å². The zero-order valence-electron chi connectivity index (χ0n) is 10.2. The molecule has 0 amide bonds.